The molecule has 0 aromatic heterocycles. The van der Waals surface area contributed by atoms with Gasteiger partial charge in [-0.25, -0.2) is 4.99 Å². The maximum atomic E-state index is 13.2. The first-order chi connectivity index (χ1) is 17.8. The molecule has 6 heteroatoms. The molecule has 1 fully saturated rings. The van der Waals surface area contributed by atoms with E-state index in [1.807, 2.05) is 43.3 Å². The van der Waals surface area contributed by atoms with Crippen LogP contribution in [0.1, 0.15) is 33.3 Å². The average molecular weight is 573 g/mol. The summed E-state index contributed by atoms with van der Waals surface area (Å²) < 4.78 is 1.00. The number of thioether (sulfide) groups is 1. The number of rotatable bonds is 5. The first-order valence-corrected chi connectivity index (χ1v) is 14.2. The fourth-order valence-electron chi connectivity index (χ4n) is 4.99. The number of hydrogen-bond donors (Lipinski definition) is 0. The number of carbonyl (C=O) groups is 1. The second-order valence-corrected chi connectivity index (χ2v) is 11.5. The topological polar surface area (TPSA) is 35.9 Å². The Bertz CT molecular complexity index is 1420. The molecule has 0 unspecified atom stereocenters. The molecular formula is C31H30BrN3OS. The number of halogens is 1. The highest BCUT2D eigenvalue weighted by Gasteiger charge is 2.40. The van der Waals surface area contributed by atoms with Gasteiger partial charge in [0.15, 0.2) is 5.17 Å². The summed E-state index contributed by atoms with van der Waals surface area (Å²) >= 11 is 4.90. The summed E-state index contributed by atoms with van der Waals surface area (Å²) in [5, 5.41) is 0.716. The second-order valence-electron chi connectivity index (χ2n) is 9.57. The minimum atomic E-state index is -0.196. The van der Waals surface area contributed by atoms with Gasteiger partial charge in [-0.05, 0) is 90.8 Å². The standard InChI is InChI=1S/C31H30BrN3OS/c1-5-34-26-17-12-22(21-10-8-7-9-11-21)20-25(26)31(3,4)28(34)19-18-27-29(36)35(6-2)30(37-27)33-24-15-13-23(32)14-16-24/h7-20H,5-6H2,1-4H3. The molecule has 3 aromatic rings. The number of carbonyl (C=O) groups excluding carboxylic acids is 1. The molecule has 37 heavy (non-hydrogen) atoms. The molecule has 0 N–H and O–H groups in total. The van der Waals surface area contributed by atoms with Crippen LogP contribution in [0.15, 0.2) is 105 Å². The van der Waals surface area contributed by atoms with Crippen molar-refractivity contribution in [2.24, 2.45) is 4.99 Å². The molecule has 0 radical (unpaired) electrons. The molecule has 2 aliphatic rings. The minimum Gasteiger partial charge on any atom is -0.344 e. The van der Waals surface area contributed by atoms with Gasteiger partial charge in [0.2, 0.25) is 0 Å². The number of aliphatic imine (C=N–C) groups is 1. The van der Waals surface area contributed by atoms with Crippen LogP contribution in [-0.4, -0.2) is 29.1 Å². The Kier molecular flexibility index (Phi) is 7.15. The predicted molar refractivity (Wildman–Crippen MR) is 160 cm³/mol. The zero-order valence-corrected chi connectivity index (χ0v) is 23.9. The Morgan fingerprint density at radius 1 is 0.892 bits per heavy atom. The zero-order valence-electron chi connectivity index (χ0n) is 21.5. The normalized spacial score (nSPS) is 19.9. The van der Waals surface area contributed by atoms with E-state index < -0.39 is 0 Å². The van der Waals surface area contributed by atoms with Crippen molar-refractivity contribution >= 4 is 50.1 Å². The van der Waals surface area contributed by atoms with E-state index in [0.29, 0.717) is 16.6 Å². The summed E-state index contributed by atoms with van der Waals surface area (Å²) in [6.45, 7) is 10.1. The third-order valence-electron chi connectivity index (χ3n) is 6.96. The van der Waals surface area contributed by atoms with Gasteiger partial charge in [0.1, 0.15) is 0 Å². The van der Waals surface area contributed by atoms with Crippen LogP contribution in [0.2, 0.25) is 0 Å². The van der Waals surface area contributed by atoms with Gasteiger partial charge < -0.3 is 4.90 Å². The van der Waals surface area contributed by atoms with Crippen LogP contribution in [0.5, 0.6) is 0 Å². The van der Waals surface area contributed by atoms with Crippen molar-refractivity contribution in [1.29, 1.82) is 0 Å². The lowest BCUT2D eigenvalue weighted by Gasteiger charge is -2.25. The lowest BCUT2D eigenvalue weighted by molar-refractivity contribution is -0.122. The van der Waals surface area contributed by atoms with Crippen LogP contribution < -0.4 is 4.90 Å². The predicted octanol–water partition coefficient (Wildman–Crippen LogP) is 8.28. The van der Waals surface area contributed by atoms with Crippen molar-refractivity contribution in [3.63, 3.8) is 0 Å². The van der Waals surface area contributed by atoms with Crippen molar-refractivity contribution in [3.8, 4) is 11.1 Å². The lowest BCUT2D eigenvalue weighted by Crippen LogP contribution is -2.28. The van der Waals surface area contributed by atoms with E-state index in [0.717, 1.165) is 16.7 Å². The van der Waals surface area contributed by atoms with Gasteiger partial charge in [-0.3, -0.25) is 9.69 Å². The molecule has 1 amide bonds. The molecule has 0 aliphatic carbocycles. The van der Waals surface area contributed by atoms with E-state index in [4.69, 9.17) is 4.99 Å². The van der Waals surface area contributed by atoms with E-state index in [2.05, 4.69) is 90.1 Å². The smallest absolute Gasteiger partial charge is 0.266 e. The van der Waals surface area contributed by atoms with Crippen LogP contribution in [-0.2, 0) is 10.2 Å². The molecule has 2 aliphatic heterocycles. The summed E-state index contributed by atoms with van der Waals surface area (Å²) in [6, 6.07) is 25.1. The number of amides is 1. The van der Waals surface area contributed by atoms with E-state index in [1.165, 1.54) is 39.8 Å². The number of benzene rings is 3. The summed E-state index contributed by atoms with van der Waals surface area (Å²) in [5.41, 5.74) is 6.80. The maximum Gasteiger partial charge on any atom is 0.266 e. The molecule has 0 bridgehead atoms. The van der Waals surface area contributed by atoms with Crippen molar-refractivity contribution in [1.82, 2.24) is 4.90 Å². The van der Waals surface area contributed by atoms with Gasteiger partial charge in [-0.1, -0.05) is 66.2 Å². The molecule has 2 heterocycles. The number of nitrogens with zero attached hydrogens (tertiary/aromatic N) is 3. The SMILES string of the molecule is CCN1C(=O)C(=CC=C2N(CC)c3ccc(-c4ccccc4)cc3C2(C)C)SC1=Nc1ccc(Br)cc1. The summed E-state index contributed by atoms with van der Waals surface area (Å²) in [7, 11) is 0. The Balaban J connectivity index is 1.49. The Morgan fingerprint density at radius 3 is 2.27 bits per heavy atom. The van der Waals surface area contributed by atoms with Gasteiger partial charge in [0, 0.05) is 34.4 Å². The average Bonchev–Trinajstić information content (AvgIpc) is 3.32. The highest BCUT2D eigenvalue weighted by Crippen LogP contribution is 2.49. The van der Waals surface area contributed by atoms with Crippen molar-refractivity contribution < 1.29 is 4.79 Å². The summed E-state index contributed by atoms with van der Waals surface area (Å²) in [5.74, 6) is 0.00272. The number of hydrogen-bond acceptors (Lipinski definition) is 4. The Labute approximate surface area is 231 Å². The van der Waals surface area contributed by atoms with Crippen LogP contribution >= 0.6 is 27.7 Å². The number of fused-ring (bicyclic) bond motifs is 1. The molecule has 3 aromatic carbocycles. The zero-order chi connectivity index (χ0) is 26.2. The molecule has 4 nitrogen and oxygen atoms in total. The first-order valence-electron chi connectivity index (χ1n) is 12.6. The highest BCUT2D eigenvalue weighted by molar-refractivity contribution is 9.10. The largest absolute Gasteiger partial charge is 0.344 e. The fraction of sp³-hybridized carbons (Fsp3) is 0.226. The molecule has 0 saturated carbocycles. The molecule has 0 atom stereocenters. The second kappa shape index (κ2) is 10.3. The summed E-state index contributed by atoms with van der Waals surface area (Å²) in [6.07, 6.45) is 4.10. The van der Waals surface area contributed by atoms with Crippen molar-refractivity contribution in [3.05, 3.63) is 106 Å². The highest BCUT2D eigenvalue weighted by atomic mass is 79.9. The third kappa shape index (κ3) is 4.80. The van der Waals surface area contributed by atoms with Crippen LogP contribution in [0.3, 0.4) is 0 Å². The molecule has 5 rings (SSSR count). The van der Waals surface area contributed by atoms with E-state index in [-0.39, 0.29) is 11.3 Å². The number of allylic oxidation sites excluding steroid dienone is 3. The molecule has 1 saturated heterocycles. The maximum absolute atomic E-state index is 13.2. The van der Waals surface area contributed by atoms with Crippen LogP contribution in [0.4, 0.5) is 11.4 Å². The van der Waals surface area contributed by atoms with Crippen molar-refractivity contribution in [2.75, 3.05) is 18.0 Å². The van der Waals surface area contributed by atoms with E-state index in [9.17, 15) is 4.79 Å². The molecule has 188 valence electrons. The Hall–Kier alpha value is -3.09. The number of amidine groups is 1. The Morgan fingerprint density at radius 2 is 1.59 bits per heavy atom. The number of anilines is 1. The molecule has 0 spiro atoms. The monoisotopic (exact) mass is 571 g/mol. The van der Waals surface area contributed by atoms with Crippen LogP contribution in [0, 0.1) is 0 Å². The van der Waals surface area contributed by atoms with Crippen LogP contribution in [0.25, 0.3) is 11.1 Å². The first kappa shape index (κ1) is 25.6. The van der Waals surface area contributed by atoms with E-state index in [1.54, 1.807) is 4.90 Å². The van der Waals surface area contributed by atoms with Gasteiger partial charge >= 0.3 is 0 Å². The molecular weight excluding hydrogens is 542 g/mol. The fourth-order valence-corrected chi connectivity index (χ4v) is 6.26. The van der Waals surface area contributed by atoms with Crippen molar-refractivity contribution in [2.45, 2.75) is 33.1 Å². The minimum absolute atomic E-state index is 0.00272. The lowest BCUT2D eigenvalue weighted by atomic mass is 9.82. The van der Waals surface area contributed by atoms with E-state index >= 15 is 0 Å². The summed E-state index contributed by atoms with van der Waals surface area (Å²) in [4.78, 5) is 22.8. The van der Waals surface area contributed by atoms with Gasteiger partial charge in [0.05, 0.1) is 10.6 Å². The third-order valence-corrected chi connectivity index (χ3v) is 8.52. The van der Waals surface area contributed by atoms with Gasteiger partial charge in [-0.15, -0.1) is 0 Å². The van der Waals surface area contributed by atoms with Gasteiger partial charge in [-0.2, -0.15) is 0 Å². The number of likely N-dealkylation sites (N-methyl/N-ethyl adjacent to an activating group) is 2. The van der Waals surface area contributed by atoms with Gasteiger partial charge in [0.25, 0.3) is 5.91 Å². The quantitative estimate of drug-likeness (QED) is 0.289.